The molecule has 11 nitrogen and oxygen atoms in total. The number of aliphatic hydroxyl groups excluding tert-OH is 1. The smallest absolute Gasteiger partial charge is 0.348 e. The summed E-state index contributed by atoms with van der Waals surface area (Å²) in [6.45, 7) is 0.274. The number of guanidine groups is 1. The molecule has 0 saturated carbocycles. The molecule has 0 aromatic heterocycles. The Morgan fingerprint density at radius 3 is 2.24 bits per heavy atom. The second-order valence-corrected chi connectivity index (χ2v) is 4.07. The Bertz CT molecular complexity index is 414. The lowest BCUT2D eigenvalue weighted by Crippen LogP contribution is -2.46. The number of aliphatic carboxylic acids is 2. The zero-order valence-corrected chi connectivity index (χ0v) is 11.0. The fraction of sp³-hybridized carbons (Fsp3) is 0.600. The van der Waals surface area contributed by atoms with E-state index in [9.17, 15) is 14.4 Å². The molecule has 2 unspecified atom stereocenters. The minimum Gasteiger partial charge on any atom is -0.479 e. The third kappa shape index (κ3) is 7.08. The van der Waals surface area contributed by atoms with Crippen LogP contribution in [0.25, 0.3) is 0 Å². The first kappa shape index (κ1) is 18.6. The van der Waals surface area contributed by atoms with Crippen LogP contribution in [0.1, 0.15) is 12.8 Å². The van der Waals surface area contributed by atoms with Crippen molar-refractivity contribution in [3.05, 3.63) is 0 Å². The number of hydrogen-bond donors (Lipinski definition) is 7. The van der Waals surface area contributed by atoms with E-state index in [2.05, 4.69) is 10.1 Å². The van der Waals surface area contributed by atoms with Crippen LogP contribution in [0.5, 0.6) is 0 Å². The summed E-state index contributed by atoms with van der Waals surface area (Å²) in [7, 11) is 0. The minimum atomic E-state index is -2.39. The van der Waals surface area contributed by atoms with Gasteiger partial charge in [0.2, 0.25) is 6.10 Å². The molecule has 0 aromatic carbocycles. The summed E-state index contributed by atoms with van der Waals surface area (Å²) in [6, 6.07) is -1.19. The number of rotatable bonds is 9. The highest BCUT2D eigenvalue weighted by atomic mass is 16.6. The molecular weight excluding hydrogens is 288 g/mol. The van der Waals surface area contributed by atoms with Gasteiger partial charge in [-0.25, -0.2) is 9.59 Å². The van der Waals surface area contributed by atoms with Crippen LogP contribution in [0.3, 0.4) is 0 Å². The largest absolute Gasteiger partial charge is 0.479 e. The van der Waals surface area contributed by atoms with Crippen LogP contribution in [0.4, 0.5) is 0 Å². The van der Waals surface area contributed by atoms with E-state index in [1.165, 1.54) is 0 Å². The number of aliphatic hydroxyl groups is 1. The van der Waals surface area contributed by atoms with Gasteiger partial charge in [-0.2, -0.15) is 0 Å². The van der Waals surface area contributed by atoms with Gasteiger partial charge in [0.1, 0.15) is 6.04 Å². The number of carbonyl (C=O) groups excluding carboxylic acids is 1. The monoisotopic (exact) mass is 306 g/mol. The summed E-state index contributed by atoms with van der Waals surface area (Å²) in [5, 5.41) is 35.7. The fourth-order valence-electron chi connectivity index (χ4n) is 1.25. The van der Waals surface area contributed by atoms with Crippen molar-refractivity contribution in [2.24, 2.45) is 11.5 Å². The van der Waals surface area contributed by atoms with E-state index in [0.29, 0.717) is 6.42 Å². The lowest BCUT2D eigenvalue weighted by atomic mass is 10.1. The lowest BCUT2D eigenvalue weighted by Gasteiger charge is -2.18. The predicted octanol–water partition coefficient (Wildman–Crippen LogP) is -2.98. The molecule has 0 aromatic rings. The summed E-state index contributed by atoms with van der Waals surface area (Å²) < 4.78 is 4.39. The second-order valence-electron chi connectivity index (χ2n) is 4.07. The average molecular weight is 306 g/mol. The fourth-order valence-corrected chi connectivity index (χ4v) is 1.25. The Morgan fingerprint density at radius 1 is 1.24 bits per heavy atom. The molecular formula is C10H18N4O7. The van der Waals surface area contributed by atoms with Crippen molar-refractivity contribution < 1.29 is 34.4 Å². The van der Waals surface area contributed by atoms with Crippen LogP contribution in [0.2, 0.25) is 0 Å². The van der Waals surface area contributed by atoms with E-state index in [1.807, 2.05) is 0 Å². The molecule has 0 aliphatic carbocycles. The van der Waals surface area contributed by atoms with Crippen LogP contribution in [-0.2, 0) is 19.1 Å². The molecule has 120 valence electrons. The van der Waals surface area contributed by atoms with Crippen LogP contribution in [0, 0.1) is 5.41 Å². The van der Waals surface area contributed by atoms with Gasteiger partial charge in [0.25, 0.3) is 0 Å². The van der Waals surface area contributed by atoms with Crippen molar-refractivity contribution in [1.29, 1.82) is 5.41 Å². The molecule has 0 rings (SSSR count). The molecule has 0 spiro atoms. The van der Waals surface area contributed by atoms with Crippen molar-refractivity contribution in [3.63, 3.8) is 0 Å². The van der Waals surface area contributed by atoms with Crippen LogP contribution in [0.15, 0.2) is 0 Å². The molecule has 0 saturated heterocycles. The number of esters is 1. The number of carboxylic acids is 2. The first-order valence-corrected chi connectivity index (χ1v) is 5.84. The zero-order valence-electron chi connectivity index (χ0n) is 11.0. The van der Waals surface area contributed by atoms with Gasteiger partial charge in [-0.1, -0.05) is 0 Å². The first-order chi connectivity index (χ1) is 9.66. The van der Waals surface area contributed by atoms with E-state index >= 15 is 0 Å². The third-order valence-corrected chi connectivity index (χ3v) is 2.34. The van der Waals surface area contributed by atoms with Crippen molar-refractivity contribution in [2.45, 2.75) is 31.1 Å². The van der Waals surface area contributed by atoms with Crippen molar-refractivity contribution >= 4 is 23.9 Å². The second kappa shape index (κ2) is 8.71. The van der Waals surface area contributed by atoms with Crippen LogP contribution >= 0.6 is 0 Å². The highest BCUT2D eigenvalue weighted by Crippen LogP contribution is 2.05. The summed E-state index contributed by atoms with van der Waals surface area (Å²) >= 11 is 0. The zero-order chi connectivity index (χ0) is 16.6. The molecule has 11 heteroatoms. The van der Waals surface area contributed by atoms with Gasteiger partial charge < -0.3 is 36.8 Å². The summed E-state index contributed by atoms with van der Waals surface area (Å²) in [5.74, 6) is -5.04. The molecule has 3 atom stereocenters. The van der Waals surface area contributed by atoms with Gasteiger partial charge in [0.15, 0.2) is 12.1 Å². The molecule has 9 N–H and O–H groups in total. The van der Waals surface area contributed by atoms with Gasteiger partial charge in [0, 0.05) is 6.54 Å². The van der Waals surface area contributed by atoms with E-state index < -0.39 is 36.2 Å². The number of hydrogen-bond acceptors (Lipinski definition) is 7. The van der Waals surface area contributed by atoms with Gasteiger partial charge in [-0.3, -0.25) is 10.2 Å². The lowest BCUT2D eigenvalue weighted by molar-refractivity contribution is -0.179. The number of nitrogens with two attached hydrogens (primary N) is 2. The highest BCUT2D eigenvalue weighted by molar-refractivity contribution is 5.86. The van der Waals surface area contributed by atoms with Gasteiger partial charge in [0.05, 0.1) is 0 Å². The quantitative estimate of drug-likeness (QED) is 0.0993. The first-order valence-electron chi connectivity index (χ1n) is 5.84. The maximum Gasteiger partial charge on any atom is 0.348 e. The number of nitrogens with one attached hydrogen (secondary N) is 2. The van der Waals surface area contributed by atoms with Gasteiger partial charge in [-0.05, 0) is 12.8 Å². The summed E-state index contributed by atoms with van der Waals surface area (Å²) in [6.07, 6.45) is -4.20. The number of ether oxygens (including phenoxy) is 1. The van der Waals surface area contributed by atoms with Gasteiger partial charge >= 0.3 is 17.9 Å². The van der Waals surface area contributed by atoms with E-state index in [-0.39, 0.29) is 18.9 Å². The van der Waals surface area contributed by atoms with E-state index in [0.717, 1.165) is 0 Å². The molecule has 0 aliphatic heterocycles. The third-order valence-electron chi connectivity index (χ3n) is 2.34. The SMILES string of the molecule is N=C(N)NCCC[C@H](N)C(=O)OC(C(=O)O)C(O)C(=O)O. The Morgan fingerprint density at radius 2 is 1.81 bits per heavy atom. The molecule has 0 fully saturated rings. The van der Waals surface area contributed by atoms with Crippen molar-refractivity contribution in [3.8, 4) is 0 Å². The van der Waals surface area contributed by atoms with Crippen molar-refractivity contribution in [1.82, 2.24) is 5.32 Å². The molecule has 0 aliphatic rings. The molecule has 21 heavy (non-hydrogen) atoms. The standard InChI is InChI=1S/C10H18N4O7/c11-4(2-1-3-14-10(12)13)9(20)21-6(8(18)19)5(15)7(16)17/h4-6,15H,1-3,11H2,(H,16,17)(H,18,19)(H4,12,13,14)/t4-,5?,6?/m0/s1. The van der Waals surface area contributed by atoms with E-state index in [1.54, 1.807) is 0 Å². The Labute approximate surface area is 119 Å². The normalized spacial score (nSPS) is 14.6. The topological polar surface area (TPSA) is 209 Å². The maximum absolute atomic E-state index is 11.5. The number of carboxylic acid groups (broad SMARTS) is 2. The summed E-state index contributed by atoms with van der Waals surface area (Å²) in [5.41, 5.74) is 10.5. The van der Waals surface area contributed by atoms with E-state index in [4.69, 9.17) is 32.2 Å². The Hall–Kier alpha value is -2.40. The Kier molecular flexibility index (Phi) is 7.71. The highest BCUT2D eigenvalue weighted by Gasteiger charge is 2.36. The summed E-state index contributed by atoms with van der Waals surface area (Å²) in [4.78, 5) is 32.8. The molecule has 0 heterocycles. The minimum absolute atomic E-state index is 0.0919. The van der Waals surface area contributed by atoms with Crippen LogP contribution in [-0.4, -0.2) is 64.0 Å². The van der Waals surface area contributed by atoms with Crippen LogP contribution < -0.4 is 16.8 Å². The van der Waals surface area contributed by atoms with Gasteiger partial charge in [-0.15, -0.1) is 0 Å². The Balaban J connectivity index is 4.38. The number of carbonyl (C=O) groups is 3. The average Bonchev–Trinajstić information content (AvgIpc) is 2.38. The maximum atomic E-state index is 11.5. The predicted molar refractivity (Wildman–Crippen MR) is 68.3 cm³/mol. The molecule has 0 amide bonds. The van der Waals surface area contributed by atoms with Crippen molar-refractivity contribution in [2.75, 3.05) is 6.54 Å². The molecule has 0 radical (unpaired) electrons. The molecule has 0 bridgehead atoms.